The highest BCUT2D eigenvalue weighted by Gasteiger charge is 2.10. The number of carbonyl (C=O) groups excluding carboxylic acids is 1. The maximum absolute atomic E-state index is 12.0. The Labute approximate surface area is 184 Å². The summed E-state index contributed by atoms with van der Waals surface area (Å²) in [4.78, 5) is 14.4. The van der Waals surface area contributed by atoms with E-state index in [0.29, 0.717) is 0 Å². The van der Waals surface area contributed by atoms with E-state index in [0.717, 1.165) is 75.9 Å². The van der Waals surface area contributed by atoms with Crippen LogP contribution in [-0.2, 0) is 4.79 Å². The molecule has 0 aromatic rings. The molecule has 1 rings (SSSR count). The highest BCUT2D eigenvalue weighted by Crippen LogP contribution is 2.13. The van der Waals surface area contributed by atoms with Crippen molar-refractivity contribution in [3.63, 3.8) is 0 Å². The predicted molar refractivity (Wildman–Crippen MR) is 128 cm³/mol. The van der Waals surface area contributed by atoms with Gasteiger partial charge in [-0.3, -0.25) is 4.79 Å². The van der Waals surface area contributed by atoms with E-state index in [1.165, 1.54) is 24.0 Å². The third-order valence-electron chi connectivity index (χ3n) is 5.53. The van der Waals surface area contributed by atoms with E-state index in [1.54, 1.807) is 6.08 Å². The molecular weight excluding hydrogens is 372 g/mol. The molecule has 1 amide bonds. The first-order chi connectivity index (χ1) is 14.4. The van der Waals surface area contributed by atoms with E-state index >= 15 is 0 Å². The molecule has 0 aromatic heterocycles. The molecule has 0 radical (unpaired) electrons. The Morgan fingerprint density at radius 3 is 2.20 bits per heavy atom. The molecule has 1 aliphatic heterocycles. The van der Waals surface area contributed by atoms with Crippen LogP contribution in [0, 0.1) is 0 Å². The van der Waals surface area contributed by atoms with Crippen molar-refractivity contribution in [2.75, 3.05) is 32.8 Å². The summed E-state index contributed by atoms with van der Waals surface area (Å²) >= 11 is 0. The minimum absolute atomic E-state index is 0.00628. The van der Waals surface area contributed by atoms with Gasteiger partial charge in [-0.2, -0.15) is 0 Å². The van der Waals surface area contributed by atoms with Gasteiger partial charge >= 0.3 is 0 Å². The van der Waals surface area contributed by atoms with Gasteiger partial charge in [-0.1, -0.05) is 34.9 Å². The Hall–Kier alpha value is -1.65. The molecule has 1 saturated heterocycles. The van der Waals surface area contributed by atoms with E-state index in [4.69, 9.17) is 0 Å². The average molecular weight is 417 g/mol. The molecule has 1 heterocycles. The van der Waals surface area contributed by atoms with Crippen molar-refractivity contribution < 1.29 is 9.90 Å². The molecule has 0 unspecified atom stereocenters. The van der Waals surface area contributed by atoms with Crippen LogP contribution in [0.25, 0.3) is 0 Å². The largest absolute Gasteiger partial charge is 0.392 e. The van der Waals surface area contributed by atoms with Crippen LogP contribution in [0.2, 0.25) is 0 Å². The minimum atomic E-state index is 0.00628. The maximum Gasteiger partial charge on any atom is 0.243 e. The number of allylic oxidation sites excluding steroid dienone is 6. The van der Waals surface area contributed by atoms with Crippen LogP contribution in [-0.4, -0.2) is 48.7 Å². The second kappa shape index (κ2) is 16.1. The summed E-state index contributed by atoms with van der Waals surface area (Å²) in [5.41, 5.74) is 4.96. The smallest absolute Gasteiger partial charge is 0.243 e. The summed E-state index contributed by atoms with van der Waals surface area (Å²) in [5.74, 6) is 0.00628. The first-order valence-electron chi connectivity index (χ1n) is 11.7. The van der Waals surface area contributed by atoms with Gasteiger partial charge in [-0.15, -0.1) is 0 Å². The highest BCUT2D eigenvalue weighted by molar-refractivity contribution is 5.88. The monoisotopic (exact) mass is 416 g/mol. The van der Waals surface area contributed by atoms with Crippen LogP contribution < -0.4 is 5.32 Å². The summed E-state index contributed by atoms with van der Waals surface area (Å²) in [6.07, 6.45) is 16.8. The zero-order valence-electron chi connectivity index (χ0n) is 19.8. The lowest BCUT2D eigenvalue weighted by atomic mass is 10.0. The number of nitrogens with zero attached hydrogens (tertiary/aromatic N) is 1. The molecule has 0 aromatic carbocycles. The molecule has 0 aliphatic carbocycles. The number of amides is 1. The lowest BCUT2D eigenvalue weighted by molar-refractivity contribution is -0.116. The summed E-state index contributed by atoms with van der Waals surface area (Å²) in [7, 11) is 0. The van der Waals surface area contributed by atoms with Crippen molar-refractivity contribution >= 4 is 5.91 Å². The summed E-state index contributed by atoms with van der Waals surface area (Å²) in [6.45, 7) is 12.6. The number of carbonyl (C=O) groups is 1. The summed E-state index contributed by atoms with van der Waals surface area (Å²) in [5, 5.41) is 12.6. The number of hydrogen-bond acceptors (Lipinski definition) is 3. The number of hydrogen-bond donors (Lipinski definition) is 2. The zero-order chi connectivity index (χ0) is 22.2. The number of aliphatic hydroxyl groups excluding tert-OH is 1. The molecule has 0 atom stereocenters. The average Bonchev–Trinajstić information content (AvgIpc) is 3.19. The fourth-order valence-corrected chi connectivity index (χ4v) is 3.63. The van der Waals surface area contributed by atoms with Crippen molar-refractivity contribution in [1.29, 1.82) is 0 Å². The zero-order valence-corrected chi connectivity index (χ0v) is 19.8. The van der Waals surface area contributed by atoms with Gasteiger partial charge in [-0.25, -0.2) is 0 Å². The molecule has 1 aliphatic rings. The Bertz CT molecular complexity index is 619. The number of aliphatic hydroxyl groups is 1. The molecule has 2 N–H and O–H groups in total. The third-order valence-corrected chi connectivity index (χ3v) is 5.53. The Morgan fingerprint density at radius 2 is 1.53 bits per heavy atom. The van der Waals surface area contributed by atoms with Crippen molar-refractivity contribution in [1.82, 2.24) is 10.2 Å². The minimum Gasteiger partial charge on any atom is -0.392 e. The lowest BCUT2D eigenvalue weighted by Crippen LogP contribution is -2.32. The van der Waals surface area contributed by atoms with Crippen molar-refractivity contribution in [2.45, 2.75) is 79.1 Å². The van der Waals surface area contributed by atoms with E-state index in [2.05, 4.69) is 49.2 Å². The van der Waals surface area contributed by atoms with E-state index in [1.807, 2.05) is 6.92 Å². The quantitative estimate of drug-likeness (QED) is 0.298. The molecule has 170 valence electrons. The van der Waals surface area contributed by atoms with Crippen LogP contribution >= 0.6 is 0 Å². The molecular formula is C26H44N2O2. The Morgan fingerprint density at radius 1 is 0.900 bits per heavy atom. The second-order valence-electron chi connectivity index (χ2n) is 8.80. The molecule has 0 bridgehead atoms. The van der Waals surface area contributed by atoms with E-state index < -0.39 is 0 Å². The van der Waals surface area contributed by atoms with Gasteiger partial charge in [0.25, 0.3) is 0 Å². The second-order valence-corrected chi connectivity index (χ2v) is 8.80. The van der Waals surface area contributed by atoms with Gasteiger partial charge in [0.05, 0.1) is 6.61 Å². The van der Waals surface area contributed by atoms with E-state index in [9.17, 15) is 9.90 Å². The van der Waals surface area contributed by atoms with Gasteiger partial charge in [0.1, 0.15) is 0 Å². The topological polar surface area (TPSA) is 52.6 Å². The van der Waals surface area contributed by atoms with Crippen molar-refractivity contribution in [3.05, 3.63) is 46.6 Å². The van der Waals surface area contributed by atoms with E-state index in [-0.39, 0.29) is 12.5 Å². The van der Waals surface area contributed by atoms with Gasteiger partial charge in [0.2, 0.25) is 5.91 Å². The number of nitrogens with one attached hydrogen (secondary N) is 1. The molecule has 30 heavy (non-hydrogen) atoms. The molecule has 1 fully saturated rings. The van der Waals surface area contributed by atoms with Crippen LogP contribution in [0.3, 0.4) is 0 Å². The van der Waals surface area contributed by atoms with Crippen LogP contribution in [0.4, 0.5) is 0 Å². The Balaban J connectivity index is 2.26. The Kier molecular flexibility index (Phi) is 14.2. The van der Waals surface area contributed by atoms with Crippen molar-refractivity contribution in [2.24, 2.45) is 0 Å². The number of rotatable bonds is 14. The standard InChI is InChI=1S/C26H44N2O2/c1-22(2)10-7-11-23(3)12-8-14-25(21-29)15-9-13-24(4)20-26(30)27-16-19-28-17-5-6-18-28/h10,12,15,20,29H,5-9,11,13-14,16-19,21H2,1-4H3,(H,27,30)/b23-12+,24-20+,25-15-. The molecule has 0 spiro atoms. The fraction of sp³-hybridized carbons (Fsp3) is 0.654. The fourth-order valence-electron chi connectivity index (χ4n) is 3.63. The predicted octanol–water partition coefficient (Wildman–Crippen LogP) is 5.32. The summed E-state index contributed by atoms with van der Waals surface area (Å²) < 4.78 is 0. The molecule has 4 heteroatoms. The first-order valence-corrected chi connectivity index (χ1v) is 11.7. The molecule has 0 saturated carbocycles. The normalized spacial score (nSPS) is 16.1. The molecule has 4 nitrogen and oxygen atoms in total. The van der Waals surface area contributed by atoms with Gasteiger partial charge < -0.3 is 15.3 Å². The third kappa shape index (κ3) is 13.6. The van der Waals surface area contributed by atoms with Gasteiger partial charge in [0.15, 0.2) is 0 Å². The van der Waals surface area contributed by atoms with Crippen LogP contribution in [0.1, 0.15) is 79.1 Å². The highest BCUT2D eigenvalue weighted by atomic mass is 16.3. The van der Waals surface area contributed by atoms with Crippen molar-refractivity contribution in [3.8, 4) is 0 Å². The van der Waals surface area contributed by atoms with Gasteiger partial charge in [-0.05, 0) is 97.7 Å². The lowest BCUT2D eigenvalue weighted by Gasteiger charge is -2.14. The maximum atomic E-state index is 12.0. The van der Waals surface area contributed by atoms with Crippen LogP contribution in [0.5, 0.6) is 0 Å². The van der Waals surface area contributed by atoms with Gasteiger partial charge in [0, 0.05) is 19.2 Å². The number of likely N-dealkylation sites (tertiary alicyclic amines) is 1. The SMILES string of the molecule is CC(C)=CCC/C(C)=C/CC/C(=C/CC/C(C)=C/C(=O)NCCN1CCCC1)CO. The summed E-state index contributed by atoms with van der Waals surface area (Å²) in [6, 6.07) is 0. The first kappa shape index (κ1) is 26.4. The van der Waals surface area contributed by atoms with Crippen LogP contribution in [0.15, 0.2) is 46.6 Å².